The van der Waals surface area contributed by atoms with Crippen LogP contribution in [-0.2, 0) is 4.79 Å². The minimum Gasteiger partial charge on any atom is -0.494 e. The van der Waals surface area contributed by atoms with Crippen molar-refractivity contribution in [3.63, 3.8) is 0 Å². The first-order valence-corrected chi connectivity index (χ1v) is 13.4. The van der Waals surface area contributed by atoms with Crippen molar-refractivity contribution in [1.29, 1.82) is 0 Å². The number of nitrogens with one attached hydrogen (secondary N) is 2. The van der Waals surface area contributed by atoms with Gasteiger partial charge >= 0.3 is 5.97 Å². The highest BCUT2D eigenvalue weighted by atomic mass is 32.1. The number of carbonyl (C=O) groups excluding carboxylic acids is 1. The summed E-state index contributed by atoms with van der Waals surface area (Å²) < 4.78 is 12.0. The third kappa shape index (κ3) is 5.51. The summed E-state index contributed by atoms with van der Waals surface area (Å²) in [5.41, 5.74) is 2.04. The zero-order valence-electron chi connectivity index (χ0n) is 23.0. The molecule has 3 N–H and O–H groups in total. The molecule has 4 aromatic rings. The highest BCUT2D eigenvalue weighted by Crippen LogP contribution is 2.44. The number of carboxylic acids is 1. The second-order valence-corrected chi connectivity index (χ2v) is 11.0. The molecule has 5 rings (SSSR count). The van der Waals surface area contributed by atoms with Crippen LogP contribution in [-0.4, -0.2) is 34.2 Å². The van der Waals surface area contributed by atoms with Crippen LogP contribution in [0.5, 0.6) is 5.75 Å². The Labute approximate surface area is 243 Å². The lowest BCUT2D eigenvalue weighted by atomic mass is 9.95. The summed E-state index contributed by atoms with van der Waals surface area (Å²) in [6, 6.07) is 20.5. The second-order valence-electron chi connectivity index (χ2n) is 10.6. The first-order valence-electron chi connectivity index (χ1n) is 13.0. The molecule has 41 heavy (non-hydrogen) atoms. The number of hydrogen-bond acceptors (Lipinski definition) is 6. The molecule has 3 heterocycles. The molecule has 1 aliphatic heterocycles. The maximum atomic E-state index is 12.7. The van der Waals surface area contributed by atoms with Gasteiger partial charge in [-0.15, -0.1) is 0 Å². The largest absolute Gasteiger partial charge is 0.494 e. The Morgan fingerprint density at radius 1 is 1.07 bits per heavy atom. The molecule has 0 saturated carbocycles. The van der Waals surface area contributed by atoms with Crippen LogP contribution in [0.2, 0.25) is 0 Å². The third-order valence-electron chi connectivity index (χ3n) is 6.83. The van der Waals surface area contributed by atoms with Gasteiger partial charge < -0.3 is 29.8 Å². The lowest BCUT2D eigenvalue weighted by Gasteiger charge is -2.27. The van der Waals surface area contributed by atoms with Crippen LogP contribution in [0.4, 0.5) is 11.4 Å². The number of rotatable bonds is 7. The number of pyridine rings is 1. The minimum atomic E-state index is -1.04. The second kappa shape index (κ2) is 11.1. The fourth-order valence-electron chi connectivity index (χ4n) is 4.71. The lowest BCUT2D eigenvalue weighted by molar-refractivity contribution is -0.123. The molecule has 0 aliphatic carbocycles. The van der Waals surface area contributed by atoms with E-state index in [0.29, 0.717) is 39.3 Å². The number of carbonyl (C=O) groups is 2. The number of benzene rings is 2. The van der Waals surface area contributed by atoms with Crippen LogP contribution in [0.1, 0.15) is 54.7 Å². The van der Waals surface area contributed by atoms with Crippen molar-refractivity contribution in [3.8, 4) is 17.1 Å². The molecule has 10 heteroatoms. The first kappa shape index (κ1) is 27.9. The number of ether oxygens (including phenoxy) is 1. The maximum absolute atomic E-state index is 12.7. The SMILES string of the molecule is COc1cc(N2C(=S)N[C@H](c3ccccn3)[C@H]2c2ccc(-c3ccccc3C(=O)O)o2)ccc1NC(=O)C(C)(C)C. The fourth-order valence-corrected chi connectivity index (χ4v) is 5.05. The van der Waals surface area contributed by atoms with Crippen LogP contribution in [0, 0.1) is 5.41 Å². The van der Waals surface area contributed by atoms with E-state index in [1.165, 1.54) is 0 Å². The predicted molar refractivity (Wildman–Crippen MR) is 160 cm³/mol. The van der Waals surface area contributed by atoms with Gasteiger partial charge in [0, 0.05) is 28.9 Å². The zero-order chi connectivity index (χ0) is 29.3. The summed E-state index contributed by atoms with van der Waals surface area (Å²) in [4.78, 5) is 31.0. The predicted octanol–water partition coefficient (Wildman–Crippen LogP) is 6.21. The van der Waals surface area contributed by atoms with Crippen molar-refractivity contribution >= 4 is 40.6 Å². The zero-order valence-corrected chi connectivity index (χ0v) is 23.9. The Morgan fingerprint density at radius 2 is 1.83 bits per heavy atom. The smallest absolute Gasteiger partial charge is 0.336 e. The molecule has 0 spiro atoms. The minimum absolute atomic E-state index is 0.139. The van der Waals surface area contributed by atoms with Gasteiger partial charge in [0.2, 0.25) is 5.91 Å². The van der Waals surface area contributed by atoms with Crippen molar-refractivity contribution in [2.24, 2.45) is 5.41 Å². The molecular formula is C31H30N4O5S. The Hall–Kier alpha value is -4.70. The summed E-state index contributed by atoms with van der Waals surface area (Å²) >= 11 is 5.82. The standard InChI is InChI=1S/C31H30N4O5S/c1-31(2,3)29(38)33-21-13-12-18(17-25(21)39-4)35-27(26(34-30(35)41)22-11-7-8-16-32-22)24-15-14-23(40-24)19-9-5-6-10-20(19)28(36)37/h5-17,26-27H,1-4H3,(H,33,38)(H,34,41)(H,36,37)/t26-,27-/m1/s1. The molecule has 1 fully saturated rings. The summed E-state index contributed by atoms with van der Waals surface area (Å²) in [5, 5.41) is 16.5. The number of thiocarbonyl (C=S) groups is 1. The molecule has 210 valence electrons. The first-order chi connectivity index (χ1) is 19.6. The van der Waals surface area contributed by atoms with Gasteiger partial charge in [0.15, 0.2) is 5.11 Å². The molecule has 2 aromatic carbocycles. The molecule has 0 bridgehead atoms. The van der Waals surface area contributed by atoms with E-state index in [0.717, 1.165) is 5.69 Å². The number of amides is 1. The highest BCUT2D eigenvalue weighted by Gasteiger charge is 2.43. The van der Waals surface area contributed by atoms with Crippen LogP contribution in [0.3, 0.4) is 0 Å². The number of aromatic carboxylic acids is 1. The third-order valence-corrected chi connectivity index (χ3v) is 7.15. The number of aromatic nitrogens is 1. The number of anilines is 2. The summed E-state index contributed by atoms with van der Waals surface area (Å²) in [7, 11) is 1.54. The van der Waals surface area contributed by atoms with E-state index in [1.54, 1.807) is 49.7 Å². The van der Waals surface area contributed by atoms with Gasteiger partial charge in [-0.05, 0) is 54.7 Å². The molecular weight excluding hydrogens is 540 g/mol. The summed E-state index contributed by atoms with van der Waals surface area (Å²) in [6.45, 7) is 5.52. The molecule has 0 radical (unpaired) electrons. The van der Waals surface area contributed by atoms with Crippen molar-refractivity contribution in [3.05, 3.63) is 96.0 Å². The van der Waals surface area contributed by atoms with Crippen molar-refractivity contribution < 1.29 is 23.8 Å². The highest BCUT2D eigenvalue weighted by molar-refractivity contribution is 7.80. The van der Waals surface area contributed by atoms with Gasteiger partial charge in [0.25, 0.3) is 0 Å². The number of methoxy groups -OCH3 is 1. The van der Waals surface area contributed by atoms with Gasteiger partial charge in [-0.25, -0.2) is 4.79 Å². The molecule has 9 nitrogen and oxygen atoms in total. The van der Waals surface area contributed by atoms with Crippen molar-refractivity contribution in [2.45, 2.75) is 32.9 Å². The molecule has 2 atom stereocenters. The quantitative estimate of drug-likeness (QED) is 0.223. The van der Waals surface area contributed by atoms with Gasteiger partial charge in [0.05, 0.1) is 30.1 Å². The van der Waals surface area contributed by atoms with Gasteiger partial charge in [-0.2, -0.15) is 0 Å². The monoisotopic (exact) mass is 570 g/mol. The molecule has 1 aliphatic rings. The normalized spacial score (nSPS) is 16.8. The Bertz CT molecular complexity index is 1610. The fraction of sp³-hybridized carbons (Fsp3) is 0.226. The molecule has 1 amide bonds. The number of carboxylic acid groups (broad SMARTS) is 1. The summed E-state index contributed by atoms with van der Waals surface area (Å²) in [5.74, 6) is 0.278. The van der Waals surface area contributed by atoms with Crippen LogP contribution >= 0.6 is 12.2 Å². The van der Waals surface area contributed by atoms with Crippen molar-refractivity contribution in [2.75, 3.05) is 17.3 Å². The van der Waals surface area contributed by atoms with E-state index >= 15 is 0 Å². The number of nitrogens with zero attached hydrogens (tertiary/aromatic N) is 2. The van der Waals surface area contributed by atoms with Crippen molar-refractivity contribution in [1.82, 2.24) is 10.3 Å². The Morgan fingerprint density at radius 3 is 2.51 bits per heavy atom. The van der Waals surface area contributed by atoms with E-state index in [1.807, 2.05) is 62.1 Å². The van der Waals surface area contributed by atoms with E-state index in [-0.39, 0.29) is 17.5 Å². The van der Waals surface area contributed by atoms with Crippen LogP contribution in [0.25, 0.3) is 11.3 Å². The Kier molecular flexibility index (Phi) is 7.51. The van der Waals surface area contributed by atoms with E-state index < -0.39 is 17.4 Å². The van der Waals surface area contributed by atoms with E-state index in [4.69, 9.17) is 21.4 Å². The van der Waals surface area contributed by atoms with E-state index in [2.05, 4.69) is 15.6 Å². The average Bonchev–Trinajstić information content (AvgIpc) is 3.58. The van der Waals surface area contributed by atoms with Gasteiger partial charge in [-0.1, -0.05) is 45.0 Å². The lowest BCUT2D eigenvalue weighted by Crippen LogP contribution is -2.30. The number of hydrogen-bond donors (Lipinski definition) is 3. The molecule has 2 aromatic heterocycles. The number of furan rings is 1. The Balaban J connectivity index is 1.58. The molecule has 1 saturated heterocycles. The van der Waals surface area contributed by atoms with E-state index in [9.17, 15) is 14.7 Å². The summed E-state index contributed by atoms with van der Waals surface area (Å²) in [6.07, 6.45) is 1.71. The maximum Gasteiger partial charge on any atom is 0.336 e. The topological polar surface area (TPSA) is 117 Å². The van der Waals surface area contributed by atoms with Gasteiger partial charge in [-0.3, -0.25) is 9.78 Å². The van der Waals surface area contributed by atoms with Crippen LogP contribution in [0.15, 0.2) is 83.4 Å². The molecule has 0 unspecified atom stereocenters. The average molecular weight is 571 g/mol. The van der Waals surface area contributed by atoms with Gasteiger partial charge in [0.1, 0.15) is 23.3 Å². The van der Waals surface area contributed by atoms with Crippen LogP contribution < -0.4 is 20.3 Å².